The van der Waals surface area contributed by atoms with Gasteiger partial charge in [-0.3, -0.25) is 4.90 Å². The summed E-state index contributed by atoms with van der Waals surface area (Å²) in [7, 11) is -1.21. The average Bonchev–Trinajstić information content (AvgIpc) is 2.77. The van der Waals surface area contributed by atoms with E-state index in [0.717, 1.165) is 15.4 Å². The van der Waals surface area contributed by atoms with Crippen molar-refractivity contribution in [1.82, 2.24) is 0 Å². The second-order valence-electron chi connectivity index (χ2n) is 7.10. The van der Waals surface area contributed by atoms with Crippen molar-refractivity contribution in [1.29, 1.82) is 0 Å². The van der Waals surface area contributed by atoms with E-state index in [2.05, 4.69) is 0 Å². The quantitative estimate of drug-likeness (QED) is 0.592. The van der Waals surface area contributed by atoms with Gasteiger partial charge >= 0.3 is 6.03 Å². The Bertz CT molecular complexity index is 1230. The molecule has 0 bridgehead atoms. The number of rotatable bonds is 5. The van der Waals surface area contributed by atoms with Gasteiger partial charge in [0.2, 0.25) is 0 Å². The molecule has 31 heavy (non-hydrogen) atoms. The van der Waals surface area contributed by atoms with E-state index in [1.807, 2.05) is 31.2 Å². The summed E-state index contributed by atoms with van der Waals surface area (Å²) in [5.41, 5.74) is 2.43. The molecular weight excluding hydrogens is 416 g/mol. The Morgan fingerprint density at radius 1 is 0.871 bits per heavy atom. The van der Waals surface area contributed by atoms with Gasteiger partial charge in [-0.1, -0.05) is 36.4 Å². The lowest BCUT2D eigenvalue weighted by Crippen LogP contribution is -2.50. The van der Waals surface area contributed by atoms with Crippen molar-refractivity contribution in [3.8, 4) is 11.5 Å². The lowest BCUT2D eigenvalue weighted by molar-refractivity contribution is 0.253. The summed E-state index contributed by atoms with van der Waals surface area (Å²) in [6, 6.07) is 18.1. The molecule has 0 fully saturated rings. The predicted octanol–water partition coefficient (Wildman–Crippen LogP) is 4.35. The highest BCUT2D eigenvalue weighted by Crippen LogP contribution is 2.40. The predicted molar refractivity (Wildman–Crippen MR) is 118 cm³/mol. The van der Waals surface area contributed by atoms with Gasteiger partial charge < -0.3 is 9.47 Å². The molecule has 0 saturated carbocycles. The lowest BCUT2D eigenvalue weighted by Gasteiger charge is -2.36. The largest absolute Gasteiger partial charge is 0.497 e. The molecule has 0 N–H and O–H groups in total. The van der Waals surface area contributed by atoms with Crippen LogP contribution in [0.15, 0.2) is 71.6 Å². The van der Waals surface area contributed by atoms with Crippen molar-refractivity contribution in [2.75, 3.05) is 23.4 Å². The Morgan fingerprint density at radius 2 is 1.48 bits per heavy atom. The number of methoxy groups -OCH3 is 2. The zero-order chi connectivity index (χ0) is 22.2. The van der Waals surface area contributed by atoms with Crippen LogP contribution >= 0.6 is 0 Å². The SMILES string of the molecule is COc1cc(OC)cc(N2C(=O)N(Cc3ccccc3C)c3ccccc3S2(=O)=O)c1. The molecule has 1 heterocycles. The van der Waals surface area contributed by atoms with Crippen molar-refractivity contribution in [3.05, 3.63) is 77.9 Å². The number of hydrogen-bond acceptors (Lipinski definition) is 5. The zero-order valence-electron chi connectivity index (χ0n) is 17.4. The van der Waals surface area contributed by atoms with Crippen LogP contribution in [-0.4, -0.2) is 28.7 Å². The van der Waals surface area contributed by atoms with Crippen molar-refractivity contribution in [2.45, 2.75) is 18.4 Å². The van der Waals surface area contributed by atoms with Crippen molar-refractivity contribution in [2.24, 2.45) is 0 Å². The molecule has 0 atom stereocenters. The van der Waals surface area contributed by atoms with Crippen LogP contribution in [0.2, 0.25) is 0 Å². The summed E-state index contributed by atoms with van der Waals surface area (Å²) in [6.45, 7) is 2.19. The number of carbonyl (C=O) groups excluding carboxylic acids is 1. The number of hydrogen-bond donors (Lipinski definition) is 0. The molecule has 1 aliphatic rings. The fraction of sp³-hybridized carbons (Fsp3) is 0.174. The summed E-state index contributed by atoms with van der Waals surface area (Å²) in [5.74, 6) is 0.753. The standard InChI is InChI=1S/C23H22N2O5S/c1-16-8-4-5-9-17(16)15-24-21-10-6-7-11-22(21)31(27,28)25(23(24)26)18-12-19(29-2)14-20(13-18)30-3/h4-14H,15H2,1-3H3. The third kappa shape index (κ3) is 3.59. The Labute approximate surface area is 181 Å². The van der Waals surface area contributed by atoms with Gasteiger partial charge in [-0.15, -0.1) is 0 Å². The van der Waals surface area contributed by atoms with Crippen LogP contribution in [0, 0.1) is 6.92 Å². The second kappa shape index (κ2) is 7.96. The molecule has 0 radical (unpaired) electrons. The number of aryl methyl sites for hydroxylation is 1. The summed E-state index contributed by atoms with van der Waals surface area (Å²) < 4.78 is 38.3. The third-order valence-corrected chi connectivity index (χ3v) is 6.99. The minimum Gasteiger partial charge on any atom is -0.497 e. The minimum atomic E-state index is -4.14. The highest BCUT2D eigenvalue weighted by Gasteiger charge is 2.42. The number of para-hydroxylation sites is 1. The number of sulfonamides is 1. The van der Waals surface area contributed by atoms with E-state index in [1.54, 1.807) is 24.3 Å². The number of ether oxygens (including phenoxy) is 2. The number of amides is 2. The van der Waals surface area contributed by atoms with Crippen LogP contribution in [0.4, 0.5) is 16.2 Å². The molecule has 0 aliphatic carbocycles. The maximum atomic E-state index is 13.6. The maximum absolute atomic E-state index is 13.6. The van der Waals surface area contributed by atoms with Gasteiger partial charge in [0.1, 0.15) is 16.4 Å². The van der Waals surface area contributed by atoms with Gasteiger partial charge in [-0.25, -0.2) is 13.2 Å². The number of urea groups is 1. The van der Waals surface area contributed by atoms with Gasteiger partial charge in [-0.2, -0.15) is 4.31 Å². The van der Waals surface area contributed by atoms with Crippen LogP contribution in [0.25, 0.3) is 0 Å². The van der Waals surface area contributed by atoms with Crippen molar-refractivity contribution < 1.29 is 22.7 Å². The van der Waals surface area contributed by atoms with Crippen LogP contribution in [0.1, 0.15) is 11.1 Å². The first kappa shape index (κ1) is 20.7. The number of benzene rings is 3. The molecule has 2 amide bonds. The average molecular weight is 439 g/mol. The fourth-order valence-electron chi connectivity index (χ4n) is 3.58. The molecule has 1 aliphatic heterocycles. The first-order valence-corrected chi connectivity index (χ1v) is 11.0. The van der Waals surface area contributed by atoms with Crippen LogP contribution in [0.5, 0.6) is 11.5 Å². The number of carbonyl (C=O) groups is 1. The van der Waals surface area contributed by atoms with Crippen LogP contribution < -0.4 is 18.7 Å². The van der Waals surface area contributed by atoms with Gasteiger partial charge in [0.05, 0.1) is 32.1 Å². The maximum Gasteiger partial charge on any atom is 0.343 e. The Balaban J connectivity index is 1.90. The van der Waals surface area contributed by atoms with Gasteiger partial charge in [0, 0.05) is 18.2 Å². The molecule has 0 saturated heterocycles. The van der Waals surface area contributed by atoms with E-state index in [0.29, 0.717) is 17.2 Å². The summed E-state index contributed by atoms with van der Waals surface area (Å²) in [4.78, 5) is 15.1. The molecule has 8 heteroatoms. The van der Waals surface area contributed by atoms with E-state index in [4.69, 9.17) is 9.47 Å². The normalized spacial score (nSPS) is 14.9. The Hall–Kier alpha value is -3.52. The lowest BCUT2D eigenvalue weighted by atomic mass is 10.1. The highest BCUT2D eigenvalue weighted by atomic mass is 32.2. The fourth-order valence-corrected chi connectivity index (χ4v) is 5.16. The van der Waals surface area contributed by atoms with Crippen molar-refractivity contribution >= 4 is 27.4 Å². The molecule has 4 rings (SSSR count). The van der Waals surface area contributed by atoms with Crippen LogP contribution in [-0.2, 0) is 16.6 Å². The van der Waals surface area contributed by atoms with Crippen LogP contribution in [0.3, 0.4) is 0 Å². The Kier molecular flexibility index (Phi) is 5.32. The molecule has 160 valence electrons. The van der Waals surface area contributed by atoms with E-state index < -0.39 is 16.1 Å². The molecular formula is C23H22N2O5S. The van der Waals surface area contributed by atoms with E-state index in [9.17, 15) is 13.2 Å². The second-order valence-corrected chi connectivity index (χ2v) is 8.86. The first-order chi connectivity index (χ1) is 14.9. The molecule has 3 aromatic carbocycles. The van der Waals surface area contributed by atoms with Gasteiger partial charge in [0.15, 0.2) is 0 Å². The zero-order valence-corrected chi connectivity index (χ0v) is 18.2. The van der Waals surface area contributed by atoms with Gasteiger partial charge in [0.25, 0.3) is 10.0 Å². The van der Waals surface area contributed by atoms with Gasteiger partial charge in [-0.05, 0) is 30.2 Å². The number of fused-ring (bicyclic) bond motifs is 1. The summed E-state index contributed by atoms with van der Waals surface area (Å²) in [5, 5.41) is 0. The monoisotopic (exact) mass is 438 g/mol. The molecule has 0 aromatic heterocycles. The summed E-state index contributed by atoms with van der Waals surface area (Å²) in [6.07, 6.45) is 0. The molecule has 3 aromatic rings. The van der Waals surface area contributed by atoms with Crippen molar-refractivity contribution in [3.63, 3.8) is 0 Å². The molecule has 0 unspecified atom stereocenters. The molecule has 0 spiro atoms. The Morgan fingerprint density at radius 3 is 2.13 bits per heavy atom. The van der Waals surface area contributed by atoms with E-state index in [1.165, 1.54) is 37.3 Å². The van der Waals surface area contributed by atoms with E-state index in [-0.39, 0.29) is 17.1 Å². The molecule has 7 nitrogen and oxygen atoms in total. The number of nitrogens with zero attached hydrogens (tertiary/aromatic N) is 2. The topological polar surface area (TPSA) is 76.2 Å². The van der Waals surface area contributed by atoms with E-state index >= 15 is 0 Å². The highest BCUT2D eigenvalue weighted by molar-refractivity contribution is 7.94. The first-order valence-electron chi connectivity index (χ1n) is 9.60. The minimum absolute atomic E-state index is 0.0602. The smallest absolute Gasteiger partial charge is 0.343 e. The summed E-state index contributed by atoms with van der Waals surface area (Å²) >= 11 is 0. The number of anilines is 2. The third-order valence-electron chi connectivity index (χ3n) is 5.24.